The number of thiazole rings is 1. The normalized spacial score (nSPS) is 24.5. The number of hydrogen-bond acceptors (Lipinski definition) is 4. The fourth-order valence-corrected chi connectivity index (χ4v) is 2.86. The van der Waals surface area contributed by atoms with Gasteiger partial charge in [-0.05, 0) is 44.1 Å². The lowest BCUT2D eigenvalue weighted by Gasteiger charge is -2.27. The Bertz CT molecular complexity index is 345. The summed E-state index contributed by atoms with van der Waals surface area (Å²) >= 11 is 1.38. The summed E-state index contributed by atoms with van der Waals surface area (Å²) < 4.78 is 0. The molecule has 1 fully saturated rings. The minimum atomic E-state index is 0.00782. The SMILES string of the molecule is NCC1CCC(CNC(=O)c2cncs2)CC1. The molecule has 1 saturated carbocycles. The summed E-state index contributed by atoms with van der Waals surface area (Å²) in [5.41, 5.74) is 7.34. The smallest absolute Gasteiger partial charge is 0.263 e. The average Bonchev–Trinajstić information content (AvgIpc) is 2.90. The molecule has 3 N–H and O–H groups in total. The van der Waals surface area contributed by atoms with Gasteiger partial charge in [-0.25, -0.2) is 0 Å². The van der Waals surface area contributed by atoms with Gasteiger partial charge in [0.1, 0.15) is 4.88 Å². The predicted molar refractivity (Wildman–Crippen MR) is 68.9 cm³/mol. The summed E-state index contributed by atoms with van der Waals surface area (Å²) in [4.78, 5) is 16.3. The van der Waals surface area contributed by atoms with E-state index in [1.807, 2.05) is 0 Å². The molecule has 1 aromatic rings. The van der Waals surface area contributed by atoms with Crippen LogP contribution in [-0.4, -0.2) is 24.0 Å². The summed E-state index contributed by atoms with van der Waals surface area (Å²) in [6.07, 6.45) is 6.40. The number of carbonyl (C=O) groups is 1. The Hall–Kier alpha value is -0.940. The number of amides is 1. The van der Waals surface area contributed by atoms with Crippen molar-refractivity contribution in [1.82, 2.24) is 10.3 Å². The molecule has 5 heteroatoms. The number of nitrogens with zero attached hydrogens (tertiary/aromatic N) is 1. The van der Waals surface area contributed by atoms with E-state index in [-0.39, 0.29) is 5.91 Å². The van der Waals surface area contributed by atoms with Crippen LogP contribution in [0.1, 0.15) is 35.4 Å². The molecule has 94 valence electrons. The average molecular weight is 253 g/mol. The van der Waals surface area contributed by atoms with Gasteiger partial charge in [0, 0.05) is 6.54 Å². The molecule has 0 aromatic carbocycles. The van der Waals surface area contributed by atoms with Gasteiger partial charge < -0.3 is 11.1 Å². The highest BCUT2D eigenvalue weighted by Gasteiger charge is 2.20. The Labute approximate surface area is 106 Å². The van der Waals surface area contributed by atoms with Crippen LogP contribution in [-0.2, 0) is 0 Å². The molecule has 0 aliphatic heterocycles. The second kappa shape index (κ2) is 6.12. The van der Waals surface area contributed by atoms with Crippen LogP contribution >= 0.6 is 11.3 Å². The van der Waals surface area contributed by atoms with Crippen LogP contribution in [0.4, 0.5) is 0 Å². The van der Waals surface area contributed by atoms with E-state index >= 15 is 0 Å². The van der Waals surface area contributed by atoms with E-state index in [0.29, 0.717) is 16.7 Å². The van der Waals surface area contributed by atoms with Crippen LogP contribution in [0.25, 0.3) is 0 Å². The zero-order valence-electron chi connectivity index (χ0n) is 9.89. The van der Waals surface area contributed by atoms with E-state index < -0.39 is 0 Å². The summed E-state index contributed by atoms with van der Waals surface area (Å²) in [5.74, 6) is 1.33. The molecule has 4 nitrogen and oxygen atoms in total. The maximum Gasteiger partial charge on any atom is 0.263 e. The molecule has 17 heavy (non-hydrogen) atoms. The zero-order chi connectivity index (χ0) is 12.1. The molecule has 0 saturated heterocycles. The van der Waals surface area contributed by atoms with Gasteiger partial charge in [-0.3, -0.25) is 9.78 Å². The first-order chi connectivity index (χ1) is 8.29. The van der Waals surface area contributed by atoms with Gasteiger partial charge in [0.05, 0.1) is 11.7 Å². The minimum Gasteiger partial charge on any atom is -0.351 e. The molecule has 1 heterocycles. The first kappa shape index (κ1) is 12.5. The molecule has 0 spiro atoms. The Kier molecular flexibility index (Phi) is 4.50. The molecule has 0 radical (unpaired) electrons. The lowest BCUT2D eigenvalue weighted by atomic mass is 9.82. The van der Waals surface area contributed by atoms with Crippen LogP contribution in [0.15, 0.2) is 11.7 Å². The molecule has 2 rings (SSSR count). The Morgan fingerprint density at radius 1 is 1.41 bits per heavy atom. The van der Waals surface area contributed by atoms with Crippen molar-refractivity contribution in [2.45, 2.75) is 25.7 Å². The number of carbonyl (C=O) groups excluding carboxylic acids is 1. The largest absolute Gasteiger partial charge is 0.351 e. The first-order valence-corrected chi connectivity index (χ1v) is 7.04. The predicted octanol–water partition coefficient (Wildman–Crippen LogP) is 1.64. The van der Waals surface area contributed by atoms with E-state index in [0.717, 1.165) is 13.1 Å². The number of nitrogens with two attached hydrogens (primary N) is 1. The molecule has 1 aromatic heterocycles. The van der Waals surface area contributed by atoms with Gasteiger partial charge in [-0.2, -0.15) is 0 Å². The lowest BCUT2D eigenvalue weighted by molar-refractivity contribution is 0.0945. The third-order valence-corrected chi connectivity index (χ3v) is 4.28. The van der Waals surface area contributed by atoms with Crippen LogP contribution in [0.5, 0.6) is 0 Å². The fourth-order valence-electron chi connectivity index (χ4n) is 2.32. The summed E-state index contributed by atoms with van der Waals surface area (Å²) in [7, 11) is 0. The highest BCUT2D eigenvalue weighted by Crippen LogP contribution is 2.27. The highest BCUT2D eigenvalue weighted by atomic mass is 32.1. The van der Waals surface area contributed by atoms with Gasteiger partial charge >= 0.3 is 0 Å². The third kappa shape index (κ3) is 3.51. The number of rotatable bonds is 4. The van der Waals surface area contributed by atoms with E-state index in [1.165, 1.54) is 37.0 Å². The number of hydrogen-bond donors (Lipinski definition) is 2. The van der Waals surface area contributed by atoms with Gasteiger partial charge in [0.25, 0.3) is 5.91 Å². The Morgan fingerprint density at radius 3 is 2.71 bits per heavy atom. The van der Waals surface area contributed by atoms with E-state index in [2.05, 4.69) is 10.3 Å². The molecule has 0 atom stereocenters. The fraction of sp³-hybridized carbons (Fsp3) is 0.667. The van der Waals surface area contributed by atoms with Gasteiger partial charge in [-0.1, -0.05) is 0 Å². The molecule has 1 aliphatic rings. The number of nitrogens with one attached hydrogen (secondary N) is 1. The van der Waals surface area contributed by atoms with E-state index in [9.17, 15) is 4.79 Å². The van der Waals surface area contributed by atoms with Crippen LogP contribution in [0, 0.1) is 11.8 Å². The monoisotopic (exact) mass is 253 g/mol. The first-order valence-electron chi connectivity index (χ1n) is 6.16. The highest BCUT2D eigenvalue weighted by molar-refractivity contribution is 7.11. The van der Waals surface area contributed by atoms with Crippen molar-refractivity contribution in [2.75, 3.05) is 13.1 Å². The third-order valence-electron chi connectivity index (χ3n) is 3.51. The molecule has 0 bridgehead atoms. The summed E-state index contributed by atoms with van der Waals surface area (Å²) in [6, 6.07) is 0. The Balaban J connectivity index is 1.71. The van der Waals surface area contributed by atoms with E-state index in [4.69, 9.17) is 5.73 Å². The molecular weight excluding hydrogens is 234 g/mol. The molecule has 1 aliphatic carbocycles. The Morgan fingerprint density at radius 2 is 2.12 bits per heavy atom. The minimum absolute atomic E-state index is 0.00782. The molecule has 1 amide bonds. The van der Waals surface area contributed by atoms with Crippen LogP contribution < -0.4 is 11.1 Å². The zero-order valence-corrected chi connectivity index (χ0v) is 10.7. The van der Waals surface area contributed by atoms with Crippen molar-refractivity contribution in [1.29, 1.82) is 0 Å². The standard InChI is InChI=1S/C12H19N3OS/c13-5-9-1-3-10(4-2-9)6-15-12(16)11-7-14-8-17-11/h7-10H,1-6,13H2,(H,15,16). The van der Waals surface area contributed by atoms with Crippen molar-refractivity contribution in [3.63, 3.8) is 0 Å². The van der Waals surface area contributed by atoms with Gasteiger partial charge in [-0.15, -0.1) is 11.3 Å². The van der Waals surface area contributed by atoms with Crippen molar-refractivity contribution < 1.29 is 4.79 Å². The topological polar surface area (TPSA) is 68.0 Å². The van der Waals surface area contributed by atoms with Gasteiger partial charge in [0.15, 0.2) is 0 Å². The van der Waals surface area contributed by atoms with Crippen molar-refractivity contribution >= 4 is 17.2 Å². The second-order valence-corrected chi connectivity index (χ2v) is 5.58. The van der Waals surface area contributed by atoms with Gasteiger partial charge in [0.2, 0.25) is 0 Å². The maximum absolute atomic E-state index is 11.7. The second-order valence-electron chi connectivity index (χ2n) is 4.70. The summed E-state index contributed by atoms with van der Waals surface area (Å²) in [5, 5.41) is 2.99. The lowest BCUT2D eigenvalue weighted by Crippen LogP contribution is -2.32. The van der Waals surface area contributed by atoms with Crippen molar-refractivity contribution in [2.24, 2.45) is 17.6 Å². The van der Waals surface area contributed by atoms with Crippen molar-refractivity contribution in [3.8, 4) is 0 Å². The maximum atomic E-state index is 11.7. The number of aromatic nitrogens is 1. The summed E-state index contributed by atoms with van der Waals surface area (Å²) in [6.45, 7) is 1.59. The quantitative estimate of drug-likeness (QED) is 0.857. The van der Waals surface area contributed by atoms with Crippen LogP contribution in [0.3, 0.4) is 0 Å². The van der Waals surface area contributed by atoms with E-state index in [1.54, 1.807) is 11.7 Å². The van der Waals surface area contributed by atoms with Crippen LogP contribution in [0.2, 0.25) is 0 Å². The molecule has 0 unspecified atom stereocenters. The molecular formula is C12H19N3OS. The van der Waals surface area contributed by atoms with Crippen molar-refractivity contribution in [3.05, 3.63) is 16.6 Å².